The Balaban J connectivity index is 1.97. The zero-order valence-electron chi connectivity index (χ0n) is 10.0. The van der Waals surface area contributed by atoms with Crippen LogP contribution in [-0.4, -0.2) is 0 Å². The first-order chi connectivity index (χ1) is 8.24. The van der Waals surface area contributed by atoms with E-state index in [9.17, 15) is 0 Å². The van der Waals surface area contributed by atoms with Crippen LogP contribution in [-0.2, 0) is 0 Å². The SMILES string of the molecule is Cc1ccc(/N=N/Nc2ccc(C)cc2)cc1. The summed E-state index contributed by atoms with van der Waals surface area (Å²) in [5.41, 5.74) is 7.12. The lowest BCUT2D eigenvalue weighted by Gasteiger charge is -1.99. The normalized spacial score (nSPS) is 10.7. The second kappa shape index (κ2) is 5.25. The van der Waals surface area contributed by atoms with Crippen LogP contribution in [0.5, 0.6) is 0 Å². The van der Waals surface area contributed by atoms with Crippen molar-refractivity contribution in [1.82, 2.24) is 0 Å². The zero-order valence-corrected chi connectivity index (χ0v) is 10.0. The summed E-state index contributed by atoms with van der Waals surface area (Å²) in [6.45, 7) is 4.10. The first-order valence-corrected chi connectivity index (χ1v) is 5.54. The van der Waals surface area contributed by atoms with Crippen LogP contribution in [0.15, 0.2) is 58.9 Å². The summed E-state index contributed by atoms with van der Waals surface area (Å²) < 4.78 is 0. The number of aryl methyl sites for hydroxylation is 2. The van der Waals surface area contributed by atoms with Crippen LogP contribution in [0, 0.1) is 13.8 Å². The third kappa shape index (κ3) is 3.41. The van der Waals surface area contributed by atoms with Gasteiger partial charge in [-0.3, -0.25) is 5.43 Å². The lowest BCUT2D eigenvalue weighted by atomic mass is 10.2. The van der Waals surface area contributed by atoms with Crippen LogP contribution < -0.4 is 5.43 Å². The Kier molecular flexibility index (Phi) is 3.50. The topological polar surface area (TPSA) is 36.8 Å². The smallest absolute Gasteiger partial charge is 0.0874 e. The Morgan fingerprint density at radius 3 is 1.88 bits per heavy atom. The van der Waals surface area contributed by atoms with Crippen molar-refractivity contribution in [1.29, 1.82) is 0 Å². The number of benzene rings is 2. The Bertz CT molecular complexity index is 498. The van der Waals surface area contributed by atoms with Gasteiger partial charge in [-0.25, -0.2) is 0 Å². The molecule has 2 aromatic rings. The number of nitrogens with zero attached hydrogens (tertiary/aromatic N) is 2. The van der Waals surface area contributed by atoms with Crippen LogP contribution in [0.4, 0.5) is 11.4 Å². The molecule has 86 valence electrons. The number of hydrogen-bond acceptors (Lipinski definition) is 2. The van der Waals surface area contributed by atoms with Crippen LogP contribution in [0.2, 0.25) is 0 Å². The average Bonchev–Trinajstić information content (AvgIpc) is 2.34. The lowest BCUT2D eigenvalue weighted by molar-refractivity contribution is 1.13. The third-order valence-electron chi connectivity index (χ3n) is 2.43. The molecule has 3 nitrogen and oxygen atoms in total. The molecule has 0 bridgehead atoms. The fourth-order valence-corrected chi connectivity index (χ4v) is 1.38. The van der Waals surface area contributed by atoms with Crippen molar-refractivity contribution in [2.75, 3.05) is 5.43 Å². The van der Waals surface area contributed by atoms with Gasteiger partial charge in [0.15, 0.2) is 0 Å². The van der Waals surface area contributed by atoms with Gasteiger partial charge < -0.3 is 0 Å². The van der Waals surface area contributed by atoms with Gasteiger partial charge in [-0.2, -0.15) is 0 Å². The largest absolute Gasteiger partial charge is 0.260 e. The van der Waals surface area contributed by atoms with Gasteiger partial charge in [0.25, 0.3) is 0 Å². The molecule has 0 aliphatic rings. The van der Waals surface area contributed by atoms with E-state index in [1.165, 1.54) is 11.1 Å². The second-order valence-electron chi connectivity index (χ2n) is 4.01. The minimum Gasteiger partial charge on any atom is -0.260 e. The fourth-order valence-electron chi connectivity index (χ4n) is 1.38. The highest BCUT2D eigenvalue weighted by Crippen LogP contribution is 2.14. The van der Waals surface area contributed by atoms with Crippen molar-refractivity contribution in [2.24, 2.45) is 10.3 Å². The van der Waals surface area contributed by atoms with E-state index in [2.05, 4.69) is 22.7 Å². The average molecular weight is 225 g/mol. The molecular formula is C14H15N3. The van der Waals surface area contributed by atoms with Gasteiger partial charge in [-0.1, -0.05) is 40.6 Å². The molecule has 0 unspecified atom stereocenters. The summed E-state index contributed by atoms with van der Waals surface area (Å²) in [5, 5.41) is 8.03. The maximum Gasteiger partial charge on any atom is 0.0874 e. The van der Waals surface area contributed by atoms with E-state index in [4.69, 9.17) is 0 Å². The van der Waals surface area contributed by atoms with Crippen LogP contribution in [0.25, 0.3) is 0 Å². The minimum absolute atomic E-state index is 0.843. The van der Waals surface area contributed by atoms with Crippen molar-refractivity contribution in [3.63, 3.8) is 0 Å². The highest BCUT2D eigenvalue weighted by Gasteiger charge is 1.90. The minimum atomic E-state index is 0.843. The standard InChI is InChI=1S/C14H15N3/c1-11-3-7-13(8-4-11)15-17-16-14-9-5-12(2)6-10-14/h3-10H,1-2H3,(H,15,16). The fraction of sp³-hybridized carbons (Fsp3) is 0.143. The predicted molar refractivity (Wildman–Crippen MR) is 70.5 cm³/mol. The van der Waals surface area contributed by atoms with E-state index in [0.717, 1.165) is 11.4 Å². The van der Waals surface area contributed by atoms with Crippen LogP contribution in [0.1, 0.15) is 11.1 Å². The monoisotopic (exact) mass is 225 g/mol. The third-order valence-corrected chi connectivity index (χ3v) is 2.43. The molecule has 0 saturated heterocycles. The molecule has 2 aromatic carbocycles. The number of anilines is 1. The van der Waals surface area contributed by atoms with Gasteiger partial charge >= 0.3 is 0 Å². The molecule has 0 saturated carbocycles. The molecule has 0 atom stereocenters. The van der Waals surface area contributed by atoms with Gasteiger partial charge in [-0.15, -0.1) is 5.11 Å². The molecule has 1 N–H and O–H groups in total. The molecule has 0 spiro atoms. The van der Waals surface area contributed by atoms with E-state index in [0.29, 0.717) is 0 Å². The summed E-state index contributed by atoms with van der Waals surface area (Å²) in [6, 6.07) is 15.9. The van der Waals surface area contributed by atoms with Crippen molar-refractivity contribution < 1.29 is 0 Å². The van der Waals surface area contributed by atoms with E-state index in [-0.39, 0.29) is 0 Å². The quantitative estimate of drug-likeness (QED) is 0.609. The van der Waals surface area contributed by atoms with E-state index >= 15 is 0 Å². The van der Waals surface area contributed by atoms with Gasteiger partial charge in [0.1, 0.15) is 0 Å². The van der Waals surface area contributed by atoms with Crippen LogP contribution >= 0.6 is 0 Å². The molecule has 0 amide bonds. The Labute approximate surface area is 101 Å². The van der Waals surface area contributed by atoms with E-state index in [1.807, 2.05) is 55.5 Å². The molecule has 17 heavy (non-hydrogen) atoms. The number of hydrogen-bond donors (Lipinski definition) is 1. The summed E-state index contributed by atoms with van der Waals surface area (Å²) in [4.78, 5) is 0. The predicted octanol–water partition coefficient (Wildman–Crippen LogP) is 4.41. The highest BCUT2D eigenvalue weighted by atomic mass is 15.4. The molecule has 0 aliphatic carbocycles. The van der Waals surface area contributed by atoms with Gasteiger partial charge in [0.2, 0.25) is 0 Å². The molecule has 0 aromatic heterocycles. The summed E-state index contributed by atoms with van der Waals surface area (Å²) in [5.74, 6) is 0. The van der Waals surface area contributed by atoms with Crippen molar-refractivity contribution in [3.8, 4) is 0 Å². The van der Waals surface area contributed by atoms with Crippen molar-refractivity contribution >= 4 is 11.4 Å². The molecule has 2 rings (SSSR count). The highest BCUT2D eigenvalue weighted by molar-refractivity contribution is 5.44. The summed E-state index contributed by atoms with van der Waals surface area (Å²) in [7, 11) is 0. The number of rotatable bonds is 3. The molecule has 0 aliphatic heterocycles. The van der Waals surface area contributed by atoms with Gasteiger partial charge in [-0.05, 0) is 38.1 Å². The van der Waals surface area contributed by atoms with Crippen LogP contribution in [0.3, 0.4) is 0 Å². The van der Waals surface area contributed by atoms with Gasteiger partial charge in [0, 0.05) is 0 Å². The summed E-state index contributed by atoms with van der Waals surface area (Å²) in [6.07, 6.45) is 0. The summed E-state index contributed by atoms with van der Waals surface area (Å²) >= 11 is 0. The lowest BCUT2D eigenvalue weighted by Crippen LogP contribution is -1.85. The number of nitrogens with one attached hydrogen (secondary N) is 1. The van der Waals surface area contributed by atoms with Gasteiger partial charge in [0.05, 0.1) is 11.4 Å². The Hall–Kier alpha value is -2.16. The first-order valence-electron chi connectivity index (χ1n) is 5.54. The van der Waals surface area contributed by atoms with Crippen molar-refractivity contribution in [3.05, 3.63) is 59.7 Å². The molecule has 3 heteroatoms. The van der Waals surface area contributed by atoms with E-state index in [1.54, 1.807) is 0 Å². The molecular weight excluding hydrogens is 210 g/mol. The Morgan fingerprint density at radius 2 is 1.29 bits per heavy atom. The van der Waals surface area contributed by atoms with E-state index < -0.39 is 0 Å². The maximum absolute atomic E-state index is 4.08. The second-order valence-corrected chi connectivity index (χ2v) is 4.01. The molecule has 0 heterocycles. The first kappa shape index (κ1) is 11.3. The molecule has 0 fully saturated rings. The molecule has 0 radical (unpaired) electrons. The maximum atomic E-state index is 4.08. The van der Waals surface area contributed by atoms with Crippen molar-refractivity contribution in [2.45, 2.75) is 13.8 Å². The Morgan fingerprint density at radius 1 is 0.765 bits per heavy atom. The zero-order chi connectivity index (χ0) is 12.1.